The van der Waals surface area contributed by atoms with Crippen LogP contribution in [0, 0.1) is 0 Å². The van der Waals surface area contributed by atoms with Crippen LogP contribution in [0.2, 0.25) is 0 Å². The topological polar surface area (TPSA) is 147 Å². The normalized spacial score (nSPS) is 12.5. The minimum absolute atomic E-state index is 0.0973. The Kier molecular flexibility index (Phi) is 5.81. The zero-order chi connectivity index (χ0) is 22.0. The molecule has 0 unspecified atom stereocenters. The van der Waals surface area contributed by atoms with Gasteiger partial charge in [-0.15, -0.1) is 11.3 Å². The van der Waals surface area contributed by atoms with Gasteiger partial charge in [-0.1, -0.05) is 0 Å². The first-order valence-corrected chi connectivity index (χ1v) is 10.7. The zero-order valence-corrected chi connectivity index (χ0v) is 17.4. The van der Waals surface area contributed by atoms with E-state index >= 15 is 0 Å². The smallest absolute Gasteiger partial charge is 0.259 e. The van der Waals surface area contributed by atoms with E-state index in [0.717, 1.165) is 29.7 Å². The summed E-state index contributed by atoms with van der Waals surface area (Å²) in [7, 11) is 0. The van der Waals surface area contributed by atoms with Crippen molar-refractivity contribution in [3.8, 4) is 0 Å². The number of thiophene rings is 1. The second-order valence-corrected chi connectivity index (χ2v) is 8.40. The largest absolute Gasteiger partial charge is 0.366 e. The lowest BCUT2D eigenvalue weighted by molar-refractivity contribution is -0.124. The molecular formula is C21H21N5O4S. The van der Waals surface area contributed by atoms with Gasteiger partial charge in [-0.2, -0.15) is 0 Å². The molecule has 9 nitrogen and oxygen atoms in total. The van der Waals surface area contributed by atoms with E-state index < -0.39 is 11.8 Å². The number of amides is 3. The predicted molar refractivity (Wildman–Crippen MR) is 117 cm³/mol. The molecule has 0 aliphatic heterocycles. The Labute approximate surface area is 181 Å². The van der Waals surface area contributed by atoms with Gasteiger partial charge in [-0.05, 0) is 49.1 Å². The summed E-state index contributed by atoms with van der Waals surface area (Å²) in [6, 6.07) is 6.11. The molecule has 4 rings (SSSR count). The number of anilines is 1. The van der Waals surface area contributed by atoms with Gasteiger partial charge in [-0.25, -0.2) is 4.98 Å². The number of aromatic nitrogens is 2. The number of rotatable bonds is 7. The molecule has 10 heteroatoms. The Morgan fingerprint density at radius 3 is 2.65 bits per heavy atom. The van der Waals surface area contributed by atoms with Crippen LogP contribution in [0.5, 0.6) is 0 Å². The lowest BCUT2D eigenvalue weighted by Gasteiger charge is -2.07. The van der Waals surface area contributed by atoms with Gasteiger partial charge >= 0.3 is 0 Å². The monoisotopic (exact) mass is 439 g/mol. The minimum Gasteiger partial charge on any atom is -0.366 e. The summed E-state index contributed by atoms with van der Waals surface area (Å²) in [6.45, 7) is -0.197. The van der Waals surface area contributed by atoms with Gasteiger partial charge in [-0.3, -0.25) is 19.2 Å². The molecule has 3 amide bonds. The molecule has 0 saturated heterocycles. The number of primary amides is 1. The molecule has 1 aliphatic rings. The lowest BCUT2D eigenvalue weighted by atomic mass is 10.2. The van der Waals surface area contributed by atoms with E-state index in [1.54, 1.807) is 23.5 Å². The van der Waals surface area contributed by atoms with Crippen LogP contribution in [0.25, 0.3) is 10.2 Å². The fourth-order valence-corrected chi connectivity index (χ4v) is 4.87. The summed E-state index contributed by atoms with van der Waals surface area (Å²) in [4.78, 5) is 56.8. The Morgan fingerprint density at radius 1 is 1.13 bits per heavy atom. The summed E-state index contributed by atoms with van der Waals surface area (Å²) in [5, 5.41) is 5.85. The van der Waals surface area contributed by atoms with Crippen molar-refractivity contribution in [3.05, 3.63) is 56.4 Å². The Bertz CT molecular complexity index is 1230. The number of nitrogens with zero attached hydrogens (tertiary/aromatic N) is 1. The summed E-state index contributed by atoms with van der Waals surface area (Å²) in [6.07, 6.45) is 3.35. The summed E-state index contributed by atoms with van der Waals surface area (Å²) in [5.41, 5.74) is 6.96. The molecule has 0 spiro atoms. The van der Waals surface area contributed by atoms with E-state index in [-0.39, 0.29) is 30.9 Å². The van der Waals surface area contributed by atoms with Crippen molar-refractivity contribution in [3.63, 3.8) is 0 Å². The van der Waals surface area contributed by atoms with Crippen LogP contribution < -0.4 is 21.9 Å². The molecule has 3 aromatic rings. The number of hydrogen-bond acceptors (Lipinski definition) is 6. The number of nitrogens with one attached hydrogen (secondary N) is 3. The molecule has 0 atom stereocenters. The lowest BCUT2D eigenvalue weighted by Crippen LogP contribution is -2.33. The molecule has 2 heterocycles. The first-order chi connectivity index (χ1) is 14.9. The number of H-pyrrole nitrogens is 1. The van der Waals surface area contributed by atoms with E-state index in [4.69, 9.17) is 5.73 Å². The molecule has 1 aromatic carbocycles. The quantitative estimate of drug-likeness (QED) is 0.438. The van der Waals surface area contributed by atoms with Crippen LogP contribution >= 0.6 is 11.3 Å². The second-order valence-electron chi connectivity index (χ2n) is 7.32. The van der Waals surface area contributed by atoms with Crippen LogP contribution in [0.1, 0.15) is 39.5 Å². The van der Waals surface area contributed by atoms with Crippen molar-refractivity contribution in [2.24, 2.45) is 5.73 Å². The molecule has 160 valence electrons. The van der Waals surface area contributed by atoms with E-state index in [0.29, 0.717) is 22.5 Å². The summed E-state index contributed by atoms with van der Waals surface area (Å²) >= 11 is 1.56. The zero-order valence-electron chi connectivity index (χ0n) is 16.6. The summed E-state index contributed by atoms with van der Waals surface area (Å²) < 4.78 is 0. The van der Waals surface area contributed by atoms with Crippen LogP contribution in [0.3, 0.4) is 0 Å². The maximum absolute atomic E-state index is 12.4. The maximum atomic E-state index is 12.4. The maximum Gasteiger partial charge on any atom is 0.259 e. The van der Waals surface area contributed by atoms with Crippen molar-refractivity contribution in [2.75, 3.05) is 11.9 Å². The predicted octanol–water partition coefficient (Wildman–Crippen LogP) is 1.26. The number of fused-ring (bicyclic) bond motifs is 3. The highest BCUT2D eigenvalue weighted by Gasteiger charge is 2.21. The number of aryl methyl sites for hydroxylation is 3. The van der Waals surface area contributed by atoms with Crippen LogP contribution in [0.4, 0.5) is 5.69 Å². The highest BCUT2D eigenvalue weighted by molar-refractivity contribution is 7.18. The number of aromatic amines is 1. The highest BCUT2D eigenvalue weighted by Crippen LogP contribution is 2.34. The molecule has 31 heavy (non-hydrogen) atoms. The molecule has 0 radical (unpaired) electrons. The molecular weight excluding hydrogens is 418 g/mol. The number of carbonyl (C=O) groups is 3. The van der Waals surface area contributed by atoms with Crippen molar-refractivity contribution in [2.45, 2.75) is 32.1 Å². The van der Waals surface area contributed by atoms with Gasteiger partial charge in [0.05, 0.1) is 11.9 Å². The molecule has 5 N–H and O–H groups in total. The molecule has 0 bridgehead atoms. The van der Waals surface area contributed by atoms with Crippen molar-refractivity contribution < 1.29 is 14.4 Å². The van der Waals surface area contributed by atoms with E-state index in [2.05, 4.69) is 20.6 Å². The third-order valence-corrected chi connectivity index (χ3v) is 6.30. The van der Waals surface area contributed by atoms with Crippen molar-refractivity contribution in [1.82, 2.24) is 15.3 Å². The molecule has 1 aliphatic carbocycles. The molecule has 0 fully saturated rings. The number of nitrogens with two attached hydrogens (primary N) is 1. The van der Waals surface area contributed by atoms with Crippen molar-refractivity contribution >= 4 is 45.0 Å². The molecule has 0 saturated carbocycles. The first kappa shape index (κ1) is 20.7. The first-order valence-electron chi connectivity index (χ1n) is 9.90. The fourth-order valence-electron chi connectivity index (χ4n) is 3.59. The Morgan fingerprint density at radius 2 is 1.90 bits per heavy atom. The van der Waals surface area contributed by atoms with Gasteiger partial charge in [0, 0.05) is 29.0 Å². The van der Waals surface area contributed by atoms with Gasteiger partial charge in [0.2, 0.25) is 17.7 Å². The SMILES string of the molecule is NC(=O)c1ccc(NC(=O)CNC(=O)CCc2nc3sc4c(c3c(=O)[nH]2)CCC4)cc1. The third-order valence-electron chi connectivity index (χ3n) is 5.11. The number of hydrogen-bond donors (Lipinski definition) is 4. The van der Waals surface area contributed by atoms with Crippen LogP contribution in [-0.2, 0) is 28.9 Å². The van der Waals surface area contributed by atoms with Gasteiger partial charge < -0.3 is 21.4 Å². The highest BCUT2D eigenvalue weighted by atomic mass is 32.1. The van der Waals surface area contributed by atoms with Gasteiger partial charge in [0.15, 0.2) is 0 Å². The summed E-state index contributed by atoms with van der Waals surface area (Å²) in [5.74, 6) is -0.813. The average molecular weight is 439 g/mol. The van der Waals surface area contributed by atoms with Gasteiger partial charge in [0.1, 0.15) is 10.7 Å². The standard InChI is InChI=1S/C21H21N5O4S/c22-19(29)11-4-6-12(7-5-11)24-17(28)10-23-16(27)9-8-15-25-20(30)18-13-2-1-3-14(13)31-21(18)26-15/h4-7H,1-3,8-10H2,(H2,22,29)(H,23,27)(H,24,28)(H,25,26,30). The second kappa shape index (κ2) is 8.68. The number of carbonyl (C=O) groups excluding carboxylic acids is 3. The van der Waals surface area contributed by atoms with Crippen LogP contribution in [0.15, 0.2) is 29.1 Å². The molecule has 2 aromatic heterocycles. The van der Waals surface area contributed by atoms with Crippen LogP contribution in [-0.4, -0.2) is 34.2 Å². The Hall–Kier alpha value is -3.53. The van der Waals surface area contributed by atoms with E-state index in [1.165, 1.54) is 17.0 Å². The van der Waals surface area contributed by atoms with E-state index in [9.17, 15) is 19.2 Å². The minimum atomic E-state index is -0.552. The third kappa shape index (κ3) is 4.64. The number of benzene rings is 1. The Balaban J connectivity index is 1.28. The van der Waals surface area contributed by atoms with Gasteiger partial charge in [0.25, 0.3) is 5.56 Å². The van der Waals surface area contributed by atoms with Crippen molar-refractivity contribution in [1.29, 1.82) is 0 Å². The van der Waals surface area contributed by atoms with E-state index in [1.807, 2.05) is 0 Å². The fraction of sp³-hybridized carbons (Fsp3) is 0.286. The average Bonchev–Trinajstić information content (AvgIpc) is 3.32.